The molecule has 5 heteroatoms. The highest BCUT2D eigenvalue weighted by Crippen LogP contribution is 2.21. The summed E-state index contributed by atoms with van der Waals surface area (Å²) in [4.78, 5) is 0. The maximum absolute atomic E-state index is 6.28. The molecular weight excluding hydrogens is 236 g/mol. The van der Waals surface area contributed by atoms with Crippen molar-refractivity contribution in [1.82, 2.24) is 14.3 Å². The monoisotopic (exact) mass is 252 g/mol. The fourth-order valence-electron chi connectivity index (χ4n) is 1.97. The molecule has 2 aromatic heterocycles. The molecule has 0 fully saturated rings. The van der Waals surface area contributed by atoms with Gasteiger partial charge in [0.25, 0.3) is 0 Å². The zero-order valence-corrected chi connectivity index (χ0v) is 10.9. The molecule has 0 saturated carbocycles. The third kappa shape index (κ3) is 2.23. The number of aryl methyl sites for hydroxylation is 2. The smallest absolute Gasteiger partial charge is 0.0865 e. The summed E-state index contributed by atoms with van der Waals surface area (Å²) < 4.78 is 4.05. The van der Waals surface area contributed by atoms with Gasteiger partial charge in [-0.1, -0.05) is 11.6 Å². The van der Waals surface area contributed by atoms with Gasteiger partial charge in [-0.15, -0.1) is 0 Å². The van der Waals surface area contributed by atoms with Crippen LogP contribution in [0, 0.1) is 6.92 Å². The molecule has 17 heavy (non-hydrogen) atoms. The maximum Gasteiger partial charge on any atom is 0.0865 e. The van der Waals surface area contributed by atoms with E-state index in [9.17, 15) is 0 Å². The van der Waals surface area contributed by atoms with E-state index >= 15 is 0 Å². The predicted octanol–water partition coefficient (Wildman–Crippen LogP) is 2.17. The topological polar surface area (TPSA) is 48.8 Å². The van der Waals surface area contributed by atoms with Crippen LogP contribution < -0.4 is 5.73 Å². The molecule has 0 radical (unpaired) electrons. The lowest BCUT2D eigenvalue weighted by molar-refractivity contribution is 0.591. The van der Waals surface area contributed by atoms with Crippen molar-refractivity contribution in [2.24, 2.45) is 5.73 Å². The molecule has 0 aliphatic rings. The molecule has 2 aromatic rings. The van der Waals surface area contributed by atoms with Gasteiger partial charge >= 0.3 is 0 Å². The van der Waals surface area contributed by atoms with Crippen molar-refractivity contribution in [3.05, 3.63) is 40.4 Å². The van der Waals surface area contributed by atoms with Gasteiger partial charge in [0.15, 0.2) is 0 Å². The van der Waals surface area contributed by atoms with Gasteiger partial charge in [0.2, 0.25) is 0 Å². The fraction of sp³-hybridized carbons (Fsp3) is 0.417. The molecule has 0 amide bonds. The lowest BCUT2D eigenvalue weighted by atomic mass is 10.3. The van der Waals surface area contributed by atoms with E-state index in [0.29, 0.717) is 13.1 Å². The van der Waals surface area contributed by atoms with Crippen LogP contribution in [0.5, 0.6) is 0 Å². The van der Waals surface area contributed by atoms with E-state index < -0.39 is 0 Å². The van der Waals surface area contributed by atoms with Gasteiger partial charge < -0.3 is 10.3 Å². The van der Waals surface area contributed by atoms with Crippen LogP contribution in [-0.4, -0.2) is 14.3 Å². The van der Waals surface area contributed by atoms with Crippen LogP contribution in [0.3, 0.4) is 0 Å². The van der Waals surface area contributed by atoms with E-state index in [1.165, 1.54) is 0 Å². The first-order valence-corrected chi connectivity index (χ1v) is 6.11. The molecule has 2 rings (SSSR count). The molecule has 0 atom stereocenters. The first kappa shape index (κ1) is 12.2. The fourth-order valence-corrected chi connectivity index (χ4v) is 2.17. The highest BCUT2D eigenvalue weighted by molar-refractivity contribution is 6.31. The van der Waals surface area contributed by atoms with Crippen molar-refractivity contribution >= 4 is 11.6 Å². The number of halogens is 1. The van der Waals surface area contributed by atoms with Crippen LogP contribution in [0.1, 0.15) is 24.0 Å². The number of nitrogens with two attached hydrogens (primary N) is 1. The Balaban J connectivity index is 2.35. The molecule has 92 valence electrons. The Morgan fingerprint density at radius 3 is 2.88 bits per heavy atom. The Bertz CT molecular complexity index is 513. The van der Waals surface area contributed by atoms with Crippen molar-refractivity contribution in [3.8, 4) is 0 Å². The highest BCUT2D eigenvalue weighted by atomic mass is 35.5. The molecule has 0 aliphatic heterocycles. The lowest BCUT2D eigenvalue weighted by Crippen LogP contribution is -2.11. The van der Waals surface area contributed by atoms with Gasteiger partial charge in [0, 0.05) is 25.0 Å². The van der Waals surface area contributed by atoms with Crippen molar-refractivity contribution < 1.29 is 0 Å². The maximum atomic E-state index is 6.28. The van der Waals surface area contributed by atoms with E-state index in [-0.39, 0.29) is 0 Å². The molecule has 0 aliphatic carbocycles. The quantitative estimate of drug-likeness (QED) is 0.907. The van der Waals surface area contributed by atoms with Gasteiger partial charge in [-0.2, -0.15) is 5.10 Å². The summed E-state index contributed by atoms with van der Waals surface area (Å²) in [6, 6.07) is 4.02. The Hall–Kier alpha value is -1.26. The van der Waals surface area contributed by atoms with Crippen LogP contribution in [0.4, 0.5) is 0 Å². The van der Waals surface area contributed by atoms with Gasteiger partial charge in [0.05, 0.1) is 23.0 Å². The van der Waals surface area contributed by atoms with Gasteiger partial charge in [-0.3, -0.25) is 4.68 Å². The Morgan fingerprint density at radius 2 is 2.24 bits per heavy atom. The average molecular weight is 253 g/mol. The molecule has 0 saturated heterocycles. The minimum Gasteiger partial charge on any atom is -0.344 e. The SMILES string of the molecule is CCn1nc(C)c(Cl)c1Cn1cccc1CN. The van der Waals surface area contributed by atoms with Gasteiger partial charge in [-0.05, 0) is 26.0 Å². The van der Waals surface area contributed by atoms with E-state index in [4.69, 9.17) is 17.3 Å². The number of hydrogen-bond donors (Lipinski definition) is 1. The summed E-state index contributed by atoms with van der Waals surface area (Å²) >= 11 is 6.28. The normalized spacial score (nSPS) is 11.1. The number of aromatic nitrogens is 3. The molecule has 0 spiro atoms. The van der Waals surface area contributed by atoms with E-state index in [1.54, 1.807) is 0 Å². The Morgan fingerprint density at radius 1 is 1.47 bits per heavy atom. The second kappa shape index (κ2) is 4.94. The second-order valence-electron chi connectivity index (χ2n) is 3.99. The van der Waals surface area contributed by atoms with Crippen molar-refractivity contribution in [2.75, 3.05) is 0 Å². The minimum atomic E-state index is 0.532. The second-order valence-corrected chi connectivity index (χ2v) is 4.37. The third-order valence-corrected chi connectivity index (χ3v) is 3.40. The molecule has 2 heterocycles. The number of rotatable bonds is 4. The van der Waals surface area contributed by atoms with E-state index in [0.717, 1.165) is 28.6 Å². The van der Waals surface area contributed by atoms with Crippen LogP contribution >= 0.6 is 11.6 Å². The summed E-state index contributed by atoms with van der Waals surface area (Å²) in [5.74, 6) is 0. The largest absolute Gasteiger partial charge is 0.344 e. The van der Waals surface area contributed by atoms with Crippen LogP contribution in [0.2, 0.25) is 5.02 Å². The van der Waals surface area contributed by atoms with Crippen LogP contribution in [0.25, 0.3) is 0 Å². The molecule has 4 nitrogen and oxygen atoms in total. The molecule has 2 N–H and O–H groups in total. The summed E-state index contributed by atoms with van der Waals surface area (Å²) in [7, 11) is 0. The zero-order chi connectivity index (χ0) is 12.4. The zero-order valence-electron chi connectivity index (χ0n) is 10.2. The summed E-state index contributed by atoms with van der Waals surface area (Å²) in [6.45, 7) is 6.06. The van der Waals surface area contributed by atoms with Crippen LogP contribution in [0.15, 0.2) is 18.3 Å². The molecular formula is C12H17ClN4. The van der Waals surface area contributed by atoms with Crippen molar-refractivity contribution in [2.45, 2.75) is 33.5 Å². The highest BCUT2D eigenvalue weighted by Gasteiger charge is 2.13. The van der Waals surface area contributed by atoms with Gasteiger partial charge in [0.1, 0.15) is 0 Å². The predicted molar refractivity (Wildman–Crippen MR) is 69.1 cm³/mol. The molecule has 0 unspecified atom stereocenters. The Labute approximate surface area is 106 Å². The Kier molecular flexibility index (Phi) is 3.54. The van der Waals surface area contributed by atoms with E-state index in [1.807, 2.05) is 29.9 Å². The first-order valence-electron chi connectivity index (χ1n) is 5.73. The van der Waals surface area contributed by atoms with E-state index in [2.05, 4.69) is 16.6 Å². The summed E-state index contributed by atoms with van der Waals surface area (Å²) in [5, 5.41) is 5.16. The third-order valence-electron chi connectivity index (χ3n) is 2.91. The van der Waals surface area contributed by atoms with Crippen molar-refractivity contribution in [1.29, 1.82) is 0 Å². The van der Waals surface area contributed by atoms with Crippen molar-refractivity contribution in [3.63, 3.8) is 0 Å². The average Bonchev–Trinajstić information content (AvgIpc) is 2.88. The molecule has 0 bridgehead atoms. The number of nitrogens with zero attached hydrogens (tertiary/aromatic N) is 3. The van der Waals surface area contributed by atoms with Gasteiger partial charge in [-0.25, -0.2) is 0 Å². The molecule has 0 aromatic carbocycles. The first-order chi connectivity index (χ1) is 8.17. The lowest BCUT2D eigenvalue weighted by Gasteiger charge is -2.09. The number of hydrogen-bond acceptors (Lipinski definition) is 2. The summed E-state index contributed by atoms with van der Waals surface area (Å²) in [5.41, 5.74) is 8.70. The van der Waals surface area contributed by atoms with Crippen LogP contribution in [-0.2, 0) is 19.6 Å². The summed E-state index contributed by atoms with van der Waals surface area (Å²) in [6.07, 6.45) is 2.01. The minimum absolute atomic E-state index is 0.532. The standard InChI is InChI=1S/C12H17ClN4/c1-3-17-11(12(13)9(2)15-17)8-16-6-4-5-10(16)7-14/h4-6H,3,7-8,14H2,1-2H3.